The van der Waals surface area contributed by atoms with E-state index in [0.717, 1.165) is 12.5 Å². The van der Waals surface area contributed by atoms with Crippen molar-refractivity contribution in [3.63, 3.8) is 0 Å². The third-order valence-electron chi connectivity index (χ3n) is 5.00. The van der Waals surface area contributed by atoms with Gasteiger partial charge in [-0.2, -0.15) is 0 Å². The number of rotatable bonds is 3. The van der Waals surface area contributed by atoms with Gasteiger partial charge in [-0.1, -0.05) is 18.6 Å². The number of piperazine rings is 1. The Hall–Kier alpha value is -1.06. The van der Waals surface area contributed by atoms with Crippen molar-refractivity contribution in [1.82, 2.24) is 4.90 Å². The number of benzene rings is 1. The van der Waals surface area contributed by atoms with E-state index in [4.69, 9.17) is 5.73 Å². The predicted octanol–water partition coefficient (Wildman–Crippen LogP) is 2.56. The number of aryl methyl sites for hydroxylation is 1. The summed E-state index contributed by atoms with van der Waals surface area (Å²) < 4.78 is 0. The van der Waals surface area contributed by atoms with E-state index in [2.05, 4.69) is 41.8 Å². The lowest BCUT2D eigenvalue weighted by Crippen LogP contribution is -2.55. The largest absolute Gasteiger partial charge is 0.368 e. The second kappa shape index (κ2) is 6.37. The minimum atomic E-state index is 0.237. The molecule has 0 bridgehead atoms. The summed E-state index contributed by atoms with van der Waals surface area (Å²) in [5.74, 6) is 0. The summed E-state index contributed by atoms with van der Waals surface area (Å²) >= 11 is 0. The van der Waals surface area contributed by atoms with Crippen LogP contribution in [0.3, 0.4) is 0 Å². The van der Waals surface area contributed by atoms with Crippen LogP contribution in [0.15, 0.2) is 18.2 Å². The van der Waals surface area contributed by atoms with Gasteiger partial charge in [-0.15, -0.1) is 0 Å². The lowest BCUT2D eigenvalue weighted by Gasteiger charge is -2.45. The Bertz CT molecular complexity index is 483. The minimum Gasteiger partial charge on any atom is -0.368 e. The second-order valence-corrected chi connectivity index (χ2v) is 6.93. The molecule has 2 heterocycles. The highest BCUT2D eigenvalue weighted by Crippen LogP contribution is 2.27. The maximum Gasteiger partial charge on any atom is 0.0397 e. The molecule has 21 heavy (non-hydrogen) atoms. The van der Waals surface area contributed by atoms with Crippen LogP contribution in [0.1, 0.15) is 37.3 Å². The molecule has 0 saturated carbocycles. The van der Waals surface area contributed by atoms with Crippen LogP contribution in [0, 0.1) is 6.92 Å². The molecule has 3 heteroatoms. The molecular weight excluding hydrogens is 258 g/mol. The van der Waals surface area contributed by atoms with Gasteiger partial charge in [-0.05, 0) is 56.8 Å². The molecule has 2 saturated heterocycles. The summed E-state index contributed by atoms with van der Waals surface area (Å²) in [7, 11) is 0. The molecule has 2 atom stereocenters. The predicted molar refractivity (Wildman–Crippen MR) is 90.0 cm³/mol. The average Bonchev–Trinajstić information content (AvgIpc) is 2.46. The molecule has 3 rings (SSSR count). The molecule has 0 spiro atoms. The first-order valence-corrected chi connectivity index (χ1v) is 8.47. The van der Waals surface area contributed by atoms with Crippen molar-refractivity contribution < 1.29 is 0 Å². The fourth-order valence-corrected chi connectivity index (χ4v) is 3.95. The summed E-state index contributed by atoms with van der Waals surface area (Å²) in [6.45, 7) is 9.23. The number of nitrogens with zero attached hydrogens (tertiary/aromatic N) is 2. The number of hydrogen-bond acceptors (Lipinski definition) is 3. The van der Waals surface area contributed by atoms with Gasteiger partial charge in [0.15, 0.2) is 0 Å². The SMILES string of the molecule is Cc1cc(CC(C)N)ccc1N1CCN2CCCCC2C1. The number of piperidine rings is 1. The number of anilines is 1. The first-order chi connectivity index (χ1) is 10.1. The van der Waals surface area contributed by atoms with Crippen LogP contribution in [-0.2, 0) is 6.42 Å². The first-order valence-electron chi connectivity index (χ1n) is 8.47. The summed E-state index contributed by atoms with van der Waals surface area (Å²) in [5.41, 5.74) is 10.1. The van der Waals surface area contributed by atoms with Crippen molar-refractivity contribution in [3.8, 4) is 0 Å². The van der Waals surface area contributed by atoms with Crippen molar-refractivity contribution in [3.05, 3.63) is 29.3 Å². The monoisotopic (exact) mass is 287 g/mol. The van der Waals surface area contributed by atoms with E-state index in [1.54, 1.807) is 0 Å². The third-order valence-corrected chi connectivity index (χ3v) is 5.00. The molecule has 3 nitrogen and oxygen atoms in total. The van der Waals surface area contributed by atoms with Gasteiger partial charge >= 0.3 is 0 Å². The van der Waals surface area contributed by atoms with Gasteiger partial charge in [0.25, 0.3) is 0 Å². The van der Waals surface area contributed by atoms with Crippen LogP contribution in [-0.4, -0.2) is 43.2 Å². The summed E-state index contributed by atoms with van der Waals surface area (Å²) in [5, 5.41) is 0. The van der Waals surface area contributed by atoms with Crippen molar-refractivity contribution in [2.75, 3.05) is 31.1 Å². The van der Waals surface area contributed by atoms with E-state index in [1.807, 2.05) is 0 Å². The van der Waals surface area contributed by atoms with Gasteiger partial charge < -0.3 is 10.6 Å². The lowest BCUT2D eigenvalue weighted by atomic mass is 9.98. The van der Waals surface area contributed by atoms with Crippen molar-refractivity contribution >= 4 is 5.69 Å². The Morgan fingerprint density at radius 3 is 2.86 bits per heavy atom. The van der Waals surface area contributed by atoms with E-state index in [0.29, 0.717) is 0 Å². The Morgan fingerprint density at radius 1 is 1.24 bits per heavy atom. The van der Waals surface area contributed by atoms with Gasteiger partial charge in [0, 0.05) is 37.4 Å². The van der Waals surface area contributed by atoms with Crippen LogP contribution < -0.4 is 10.6 Å². The fraction of sp³-hybridized carbons (Fsp3) is 0.667. The Kier molecular flexibility index (Phi) is 4.51. The van der Waals surface area contributed by atoms with Gasteiger partial charge in [-0.3, -0.25) is 4.90 Å². The number of hydrogen-bond donors (Lipinski definition) is 1. The molecule has 0 aliphatic carbocycles. The molecule has 1 aromatic rings. The molecular formula is C18H29N3. The Balaban J connectivity index is 1.71. The smallest absolute Gasteiger partial charge is 0.0397 e. The Morgan fingerprint density at radius 2 is 2.10 bits per heavy atom. The molecule has 0 aromatic heterocycles. The fourth-order valence-electron chi connectivity index (χ4n) is 3.95. The van der Waals surface area contributed by atoms with Crippen LogP contribution in [0.25, 0.3) is 0 Å². The lowest BCUT2D eigenvalue weighted by molar-refractivity contribution is 0.133. The maximum atomic E-state index is 5.91. The van der Waals surface area contributed by atoms with Crippen LogP contribution in [0.4, 0.5) is 5.69 Å². The minimum absolute atomic E-state index is 0.237. The second-order valence-electron chi connectivity index (χ2n) is 6.93. The van der Waals surface area contributed by atoms with E-state index < -0.39 is 0 Å². The number of fused-ring (bicyclic) bond motifs is 1. The summed E-state index contributed by atoms with van der Waals surface area (Å²) in [6.07, 6.45) is 5.14. The molecule has 2 fully saturated rings. The summed E-state index contributed by atoms with van der Waals surface area (Å²) in [6, 6.07) is 7.91. The van der Waals surface area contributed by atoms with Crippen molar-refractivity contribution in [2.24, 2.45) is 5.73 Å². The highest BCUT2D eigenvalue weighted by Gasteiger charge is 2.29. The van der Waals surface area contributed by atoms with Crippen LogP contribution in [0.5, 0.6) is 0 Å². The quantitative estimate of drug-likeness (QED) is 0.927. The van der Waals surface area contributed by atoms with Crippen molar-refractivity contribution in [1.29, 1.82) is 0 Å². The Labute approximate surface area is 129 Å². The maximum absolute atomic E-state index is 5.91. The standard InChI is InChI=1S/C18H29N3/c1-14-11-16(12-15(2)19)6-7-18(14)21-10-9-20-8-4-3-5-17(20)13-21/h6-7,11,15,17H,3-5,8-10,12-13,19H2,1-2H3. The molecule has 2 unspecified atom stereocenters. The van der Waals surface area contributed by atoms with E-state index >= 15 is 0 Å². The average molecular weight is 287 g/mol. The normalized spacial score (nSPS) is 24.7. The molecule has 1 aromatic carbocycles. The van der Waals surface area contributed by atoms with E-state index in [9.17, 15) is 0 Å². The zero-order chi connectivity index (χ0) is 14.8. The van der Waals surface area contributed by atoms with Gasteiger partial charge in [0.2, 0.25) is 0 Å². The molecule has 0 amide bonds. The third kappa shape index (κ3) is 3.41. The van der Waals surface area contributed by atoms with Gasteiger partial charge in [-0.25, -0.2) is 0 Å². The number of nitrogens with two attached hydrogens (primary N) is 1. The molecule has 0 radical (unpaired) electrons. The van der Waals surface area contributed by atoms with Crippen LogP contribution >= 0.6 is 0 Å². The topological polar surface area (TPSA) is 32.5 Å². The zero-order valence-electron chi connectivity index (χ0n) is 13.5. The first kappa shape index (κ1) is 14.9. The molecule has 2 aliphatic heterocycles. The molecule has 2 N–H and O–H groups in total. The van der Waals surface area contributed by atoms with E-state index in [-0.39, 0.29) is 6.04 Å². The van der Waals surface area contributed by atoms with Gasteiger partial charge in [0.1, 0.15) is 0 Å². The molecule has 2 aliphatic rings. The summed E-state index contributed by atoms with van der Waals surface area (Å²) in [4.78, 5) is 5.29. The molecule has 116 valence electrons. The zero-order valence-corrected chi connectivity index (χ0v) is 13.5. The van der Waals surface area contributed by atoms with Gasteiger partial charge in [0.05, 0.1) is 0 Å². The van der Waals surface area contributed by atoms with E-state index in [1.165, 1.54) is 62.3 Å². The van der Waals surface area contributed by atoms with Crippen LogP contribution in [0.2, 0.25) is 0 Å². The highest BCUT2D eigenvalue weighted by molar-refractivity contribution is 5.55. The van der Waals surface area contributed by atoms with Crippen molar-refractivity contribution in [2.45, 2.75) is 51.6 Å². The highest BCUT2D eigenvalue weighted by atomic mass is 15.3.